The van der Waals surface area contributed by atoms with Crippen LogP contribution in [0.25, 0.3) is 10.2 Å². The third-order valence-corrected chi connectivity index (χ3v) is 4.91. The van der Waals surface area contributed by atoms with Gasteiger partial charge in [0.2, 0.25) is 5.91 Å². The molecular weight excluding hydrogens is 356 g/mol. The van der Waals surface area contributed by atoms with Crippen molar-refractivity contribution in [3.8, 4) is 0 Å². The third-order valence-electron chi connectivity index (χ3n) is 3.65. The number of esters is 1. The summed E-state index contributed by atoms with van der Waals surface area (Å²) in [4.78, 5) is 29.0. The molecule has 0 bridgehead atoms. The number of rotatable bonds is 7. The summed E-state index contributed by atoms with van der Waals surface area (Å²) in [6, 6.07) is 7.95. The maximum absolute atomic E-state index is 12.1. The van der Waals surface area contributed by atoms with Crippen LogP contribution in [-0.2, 0) is 27.3 Å². The van der Waals surface area contributed by atoms with Crippen molar-refractivity contribution in [1.82, 2.24) is 30.5 Å². The minimum absolute atomic E-state index is 0.0687. The first kappa shape index (κ1) is 17.9. The van der Waals surface area contributed by atoms with Crippen molar-refractivity contribution in [2.45, 2.75) is 25.8 Å². The summed E-state index contributed by atoms with van der Waals surface area (Å²) >= 11 is 1.63. The van der Waals surface area contributed by atoms with E-state index in [9.17, 15) is 9.59 Å². The van der Waals surface area contributed by atoms with Crippen LogP contribution in [0.3, 0.4) is 0 Å². The van der Waals surface area contributed by atoms with Crippen molar-refractivity contribution in [2.75, 3.05) is 13.7 Å². The molecule has 9 nitrogen and oxygen atoms in total. The molecule has 1 amide bonds. The van der Waals surface area contributed by atoms with Crippen LogP contribution in [-0.4, -0.2) is 50.7 Å². The molecule has 0 saturated heterocycles. The number of aromatic nitrogens is 5. The second-order valence-corrected chi connectivity index (χ2v) is 6.78. The van der Waals surface area contributed by atoms with Gasteiger partial charge >= 0.3 is 5.97 Å². The van der Waals surface area contributed by atoms with E-state index in [1.54, 1.807) is 11.3 Å². The van der Waals surface area contributed by atoms with Crippen LogP contribution in [0.5, 0.6) is 0 Å². The third kappa shape index (κ3) is 4.39. The molecule has 0 aliphatic carbocycles. The number of benzene rings is 1. The maximum atomic E-state index is 12.1. The largest absolute Gasteiger partial charge is 0.469 e. The number of nitrogens with one attached hydrogen (secondary N) is 1. The Morgan fingerprint density at radius 1 is 1.35 bits per heavy atom. The fourth-order valence-electron chi connectivity index (χ4n) is 2.25. The standard InChI is InChI=1S/C16H18N6O3S/c1-10(16-18-11-5-3-4-6-12(11)26-16)8-17-14(23)9-22-20-13(19-21-22)7-15(24)25-2/h3-6,10H,7-9H2,1-2H3,(H,17,23)/t10-/m0/s1. The van der Waals surface area contributed by atoms with Gasteiger partial charge < -0.3 is 10.1 Å². The Labute approximate surface area is 153 Å². The van der Waals surface area contributed by atoms with Crippen LogP contribution >= 0.6 is 11.3 Å². The van der Waals surface area contributed by atoms with Gasteiger partial charge in [0, 0.05) is 12.5 Å². The van der Waals surface area contributed by atoms with Crippen LogP contribution in [0, 0.1) is 0 Å². The molecule has 1 N–H and O–H groups in total. The summed E-state index contributed by atoms with van der Waals surface area (Å²) in [6.45, 7) is 2.41. The van der Waals surface area contributed by atoms with Gasteiger partial charge in [-0.1, -0.05) is 19.1 Å². The van der Waals surface area contributed by atoms with E-state index in [4.69, 9.17) is 0 Å². The van der Waals surface area contributed by atoms with Gasteiger partial charge in [0.15, 0.2) is 5.82 Å². The Balaban J connectivity index is 1.51. The van der Waals surface area contributed by atoms with Gasteiger partial charge in [0.1, 0.15) is 13.0 Å². The van der Waals surface area contributed by atoms with Gasteiger partial charge in [-0.05, 0) is 17.3 Å². The number of carbonyl (C=O) groups excluding carboxylic acids is 2. The molecule has 0 aliphatic rings. The first-order valence-corrected chi connectivity index (χ1v) is 8.82. The summed E-state index contributed by atoms with van der Waals surface area (Å²) in [5.41, 5.74) is 0.968. The molecule has 0 spiro atoms. The molecule has 1 aromatic carbocycles. The Hall–Kier alpha value is -2.88. The smallest absolute Gasteiger partial charge is 0.313 e. The average molecular weight is 374 g/mol. The predicted octanol–water partition coefficient (Wildman–Crippen LogP) is 0.918. The number of thiazole rings is 1. The molecule has 2 aromatic heterocycles. The lowest BCUT2D eigenvalue weighted by molar-refractivity contribution is -0.139. The first-order valence-electron chi connectivity index (χ1n) is 8.01. The Kier molecular flexibility index (Phi) is 5.52. The highest BCUT2D eigenvalue weighted by atomic mass is 32.1. The van der Waals surface area contributed by atoms with Crippen molar-refractivity contribution in [1.29, 1.82) is 0 Å². The van der Waals surface area contributed by atoms with Crippen molar-refractivity contribution < 1.29 is 14.3 Å². The molecule has 0 unspecified atom stereocenters. The summed E-state index contributed by atoms with van der Waals surface area (Å²) in [5.74, 6) is -0.388. The lowest BCUT2D eigenvalue weighted by atomic mass is 10.2. The van der Waals surface area contributed by atoms with Gasteiger partial charge in [-0.2, -0.15) is 4.80 Å². The van der Waals surface area contributed by atoms with E-state index in [1.165, 1.54) is 7.11 Å². The van der Waals surface area contributed by atoms with Crippen LogP contribution in [0.4, 0.5) is 0 Å². The monoisotopic (exact) mass is 374 g/mol. The summed E-state index contributed by atoms with van der Waals surface area (Å²) < 4.78 is 5.66. The fraction of sp³-hybridized carbons (Fsp3) is 0.375. The minimum Gasteiger partial charge on any atom is -0.469 e. The van der Waals surface area contributed by atoms with E-state index in [2.05, 4.69) is 30.4 Å². The van der Waals surface area contributed by atoms with Crippen molar-refractivity contribution in [3.63, 3.8) is 0 Å². The Morgan fingerprint density at radius 3 is 2.92 bits per heavy atom. The second kappa shape index (κ2) is 8.00. The van der Waals surface area contributed by atoms with Gasteiger partial charge in [0.05, 0.1) is 22.3 Å². The molecule has 3 aromatic rings. The zero-order valence-electron chi connectivity index (χ0n) is 14.4. The van der Waals surface area contributed by atoms with Gasteiger partial charge in [-0.15, -0.1) is 21.5 Å². The molecular formula is C16H18N6O3S. The van der Waals surface area contributed by atoms with Crippen LogP contribution in [0.2, 0.25) is 0 Å². The summed E-state index contributed by atoms with van der Waals surface area (Å²) in [5, 5.41) is 15.3. The molecule has 26 heavy (non-hydrogen) atoms. The number of para-hydroxylation sites is 1. The first-order chi connectivity index (χ1) is 12.5. The van der Waals surface area contributed by atoms with Gasteiger partial charge in [0.25, 0.3) is 0 Å². The van der Waals surface area contributed by atoms with E-state index in [0.717, 1.165) is 20.0 Å². The molecule has 0 radical (unpaired) electrons. The quantitative estimate of drug-likeness (QED) is 0.612. The van der Waals surface area contributed by atoms with E-state index < -0.39 is 5.97 Å². The van der Waals surface area contributed by atoms with Crippen molar-refractivity contribution in [3.05, 3.63) is 35.1 Å². The topological polar surface area (TPSA) is 112 Å². The summed E-state index contributed by atoms with van der Waals surface area (Å²) in [6.07, 6.45) is -0.0766. The SMILES string of the molecule is COC(=O)Cc1nnn(CC(=O)NC[C@H](C)c2nc3ccccc3s2)n1. The Bertz CT molecular complexity index is 889. The number of methoxy groups -OCH3 is 1. The molecule has 0 aliphatic heterocycles. The van der Waals surface area contributed by atoms with Crippen molar-refractivity contribution in [2.24, 2.45) is 0 Å². The molecule has 10 heteroatoms. The number of tetrazole rings is 1. The van der Waals surface area contributed by atoms with E-state index in [1.807, 2.05) is 31.2 Å². The minimum atomic E-state index is -0.460. The molecule has 3 rings (SSSR count). The highest BCUT2D eigenvalue weighted by Crippen LogP contribution is 2.26. The zero-order chi connectivity index (χ0) is 18.5. The van der Waals surface area contributed by atoms with Crippen LogP contribution in [0.15, 0.2) is 24.3 Å². The normalized spacial score (nSPS) is 12.1. The number of carbonyl (C=O) groups is 2. The lowest BCUT2D eigenvalue weighted by Crippen LogP contribution is -2.31. The van der Waals surface area contributed by atoms with Gasteiger partial charge in [-0.25, -0.2) is 4.98 Å². The zero-order valence-corrected chi connectivity index (χ0v) is 15.2. The molecule has 136 valence electrons. The number of hydrogen-bond acceptors (Lipinski definition) is 8. The number of amides is 1. The number of hydrogen-bond donors (Lipinski definition) is 1. The molecule has 1 atom stereocenters. The average Bonchev–Trinajstić information content (AvgIpc) is 3.26. The van der Waals surface area contributed by atoms with E-state index >= 15 is 0 Å². The fourth-order valence-corrected chi connectivity index (χ4v) is 3.27. The highest BCUT2D eigenvalue weighted by molar-refractivity contribution is 7.18. The van der Waals surface area contributed by atoms with Crippen molar-refractivity contribution >= 4 is 33.4 Å². The van der Waals surface area contributed by atoms with E-state index in [0.29, 0.717) is 6.54 Å². The molecule has 0 saturated carbocycles. The Morgan fingerprint density at radius 2 is 2.15 bits per heavy atom. The van der Waals surface area contributed by atoms with Gasteiger partial charge in [-0.3, -0.25) is 9.59 Å². The van der Waals surface area contributed by atoms with Crippen LogP contribution in [0.1, 0.15) is 23.7 Å². The molecule has 0 fully saturated rings. The predicted molar refractivity (Wildman–Crippen MR) is 94.6 cm³/mol. The maximum Gasteiger partial charge on any atom is 0.313 e. The second-order valence-electron chi connectivity index (χ2n) is 5.71. The lowest BCUT2D eigenvalue weighted by Gasteiger charge is -2.09. The van der Waals surface area contributed by atoms with Crippen LogP contribution < -0.4 is 5.32 Å². The highest BCUT2D eigenvalue weighted by Gasteiger charge is 2.14. The molecule has 2 heterocycles. The van der Waals surface area contributed by atoms with E-state index in [-0.39, 0.29) is 30.6 Å². The number of ether oxygens (including phenoxy) is 1. The number of nitrogens with zero attached hydrogens (tertiary/aromatic N) is 5. The summed E-state index contributed by atoms with van der Waals surface area (Å²) in [7, 11) is 1.28. The number of fused-ring (bicyclic) bond motifs is 1.